The van der Waals surface area contributed by atoms with Gasteiger partial charge in [0.25, 0.3) is 0 Å². The van der Waals surface area contributed by atoms with Crippen molar-refractivity contribution >= 4 is 11.6 Å². The van der Waals surface area contributed by atoms with E-state index >= 15 is 0 Å². The maximum atomic E-state index is 13.5. The third-order valence-electron chi connectivity index (χ3n) is 2.38. The Balaban J connectivity index is 2.87. The van der Waals surface area contributed by atoms with Crippen molar-refractivity contribution in [3.63, 3.8) is 0 Å². The van der Waals surface area contributed by atoms with E-state index in [1.165, 1.54) is 0 Å². The molecule has 1 rings (SSSR count). The summed E-state index contributed by atoms with van der Waals surface area (Å²) >= 11 is 0. The van der Waals surface area contributed by atoms with Gasteiger partial charge in [0.05, 0.1) is 0 Å². The molecule has 0 saturated carbocycles. The highest BCUT2D eigenvalue weighted by molar-refractivity contribution is 5.47. The van der Waals surface area contributed by atoms with Crippen LogP contribution in [0.4, 0.5) is 20.4 Å². The fourth-order valence-corrected chi connectivity index (χ4v) is 1.60. The Hall–Kier alpha value is -1.39. The van der Waals surface area contributed by atoms with Crippen LogP contribution >= 0.6 is 0 Å². The van der Waals surface area contributed by atoms with Crippen LogP contribution in [0.25, 0.3) is 0 Å². The third-order valence-corrected chi connectivity index (χ3v) is 2.38. The van der Waals surface area contributed by atoms with Gasteiger partial charge in [0.1, 0.15) is 0 Å². The molecule has 1 heterocycles. The van der Waals surface area contributed by atoms with Crippen LogP contribution in [0.15, 0.2) is 6.07 Å². The number of halogens is 2. The minimum absolute atomic E-state index is 0.0834. The minimum atomic E-state index is -0.668. The highest BCUT2D eigenvalue weighted by Gasteiger charge is 2.12. The smallest absolute Gasteiger partial charge is 0.168 e. The van der Waals surface area contributed by atoms with Crippen molar-refractivity contribution in [3.05, 3.63) is 17.7 Å². The van der Waals surface area contributed by atoms with Gasteiger partial charge in [0.2, 0.25) is 0 Å². The first-order chi connectivity index (χ1) is 8.08. The molecule has 0 aliphatic rings. The summed E-state index contributed by atoms with van der Waals surface area (Å²) in [6, 6.07) is 0.966. The lowest BCUT2D eigenvalue weighted by Crippen LogP contribution is -2.17. The van der Waals surface area contributed by atoms with Crippen LogP contribution in [-0.2, 0) is 0 Å². The Morgan fingerprint density at radius 1 is 1.24 bits per heavy atom. The zero-order valence-corrected chi connectivity index (χ0v) is 10.5. The molecule has 5 heteroatoms. The van der Waals surface area contributed by atoms with Gasteiger partial charge in [-0.3, -0.25) is 0 Å². The first-order valence-electron chi connectivity index (χ1n) is 5.94. The van der Waals surface area contributed by atoms with E-state index in [0.717, 1.165) is 18.9 Å². The fourth-order valence-electron chi connectivity index (χ4n) is 1.60. The molecule has 1 aromatic heterocycles. The summed E-state index contributed by atoms with van der Waals surface area (Å²) < 4.78 is 26.8. The Bertz CT molecular complexity index is 369. The number of aromatic nitrogens is 1. The van der Waals surface area contributed by atoms with E-state index in [-0.39, 0.29) is 17.7 Å². The molecule has 0 aromatic carbocycles. The van der Waals surface area contributed by atoms with Crippen molar-refractivity contribution in [3.8, 4) is 0 Å². The summed E-state index contributed by atoms with van der Waals surface area (Å²) in [5.74, 6) is -1.14. The molecule has 0 spiro atoms. The number of hydrogen-bond donors (Lipinski definition) is 2. The van der Waals surface area contributed by atoms with Gasteiger partial charge in [-0.1, -0.05) is 13.3 Å². The molecule has 3 nitrogen and oxygen atoms in total. The van der Waals surface area contributed by atoms with Gasteiger partial charge in [-0.2, -0.15) is 0 Å². The molecule has 1 aromatic rings. The van der Waals surface area contributed by atoms with Crippen molar-refractivity contribution in [2.24, 2.45) is 0 Å². The van der Waals surface area contributed by atoms with Crippen LogP contribution in [0, 0.1) is 11.6 Å². The highest BCUT2D eigenvalue weighted by Crippen LogP contribution is 2.20. The third kappa shape index (κ3) is 3.84. The van der Waals surface area contributed by atoms with Gasteiger partial charge in [-0.05, 0) is 20.3 Å². The lowest BCUT2D eigenvalue weighted by molar-refractivity contribution is 0.573. The first kappa shape index (κ1) is 13.7. The van der Waals surface area contributed by atoms with Crippen LogP contribution in [0.1, 0.15) is 33.6 Å². The maximum Gasteiger partial charge on any atom is 0.168 e. The van der Waals surface area contributed by atoms with Crippen LogP contribution in [0.5, 0.6) is 0 Å². The monoisotopic (exact) mass is 243 g/mol. The Labute approximate surface area is 101 Å². The second-order valence-corrected chi connectivity index (χ2v) is 4.01. The van der Waals surface area contributed by atoms with Crippen molar-refractivity contribution in [1.29, 1.82) is 0 Å². The molecule has 0 bridgehead atoms. The van der Waals surface area contributed by atoms with Crippen LogP contribution in [0.2, 0.25) is 0 Å². The average Bonchev–Trinajstić information content (AvgIpc) is 2.25. The number of anilines is 2. The predicted molar refractivity (Wildman–Crippen MR) is 66.3 cm³/mol. The van der Waals surface area contributed by atoms with Gasteiger partial charge in [0.15, 0.2) is 23.3 Å². The van der Waals surface area contributed by atoms with Gasteiger partial charge in [-0.25, -0.2) is 13.8 Å². The first-order valence-corrected chi connectivity index (χ1v) is 5.94. The molecule has 1 unspecified atom stereocenters. The van der Waals surface area contributed by atoms with Crippen LogP contribution < -0.4 is 10.6 Å². The molecule has 17 heavy (non-hydrogen) atoms. The van der Waals surface area contributed by atoms with E-state index in [1.54, 1.807) is 0 Å². The summed E-state index contributed by atoms with van der Waals surface area (Å²) in [5.41, 5.74) is 0. The van der Waals surface area contributed by atoms with Crippen LogP contribution in [0.3, 0.4) is 0 Å². The Kier molecular flexibility index (Phi) is 5.12. The van der Waals surface area contributed by atoms with E-state index in [4.69, 9.17) is 0 Å². The van der Waals surface area contributed by atoms with E-state index in [2.05, 4.69) is 22.5 Å². The Morgan fingerprint density at radius 2 is 1.88 bits per heavy atom. The van der Waals surface area contributed by atoms with Gasteiger partial charge in [-0.15, -0.1) is 0 Å². The molecular weight excluding hydrogens is 224 g/mol. The van der Waals surface area contributed by atoms with E-state index < -0.39 is 11.6 Å². The van der Waals surface area contributed by atoms with E-state index in [0.29, 0.717) is 6.54 Å². The number of pyridine rings is 1. The second-order valence-electron chi connectivity index (χ2n) is 4.01. The highest BCUT2D eigenvalue weighted by atomic mass is 19.1. The zero-order valence-electron chi connectivity index (χ0n) is 10.5. The molecule has 0 aliphatic carbocycles. The molecule has 0 amide bonds. The molecule has 0 saturated heterocycles. The largest absolute Gasteiger partial charge is 0.368 e. The summed E-state index contributed by atoms with van der Waals surface area (Å²) in [6.07, 6.45) is 1.91. The fraction of sp³-hybridized carbons (Fsp3) is 0.583. The quantitative estimate of drug-likeness (QED) is 0.804. The second kappa shape index (κ2) is 6.37. The topological polar surface area (TPSA) is 37.0 Å². The minimum Gasteiger partial charge on any atom is -0.368 e. The molecule has 96 valence electrons. The predicted octanol–water partition coefficient (Wildman–Crippen LogP) is 3.39. The summed E-state index contributed by atoms with van der Waals surface area (Å²) in [4.78, 5) is 3.91. The number of hydrogen-bond acceptors (Lipinski definition) is 3. The Morgan fingerprint density at radius 3 is 2.47 bits per heavy atom. The summed E-state index contributed by atoms with van der Waals surface area (Å²) in [6.45, 7) is 6.37. The molecule has 0 radical (unpaired) electrons. The van der Waals surface area contributed by atoms with Gasteiger partial charge >= 0.3 is 0 Å². The van der Waals surface area contributed by atoms with Crippen molar-refractivity contribution in [1.82, 2.24) is 4.98 Å². The molecule has 2 N–H and O–H groups in total. The average molecular weight is 243 g/mol. The number of nitrogens with one attached hydrogen (secondary N) is 2. The normalized spacial score (nSPS) is 12.3. The molecule has 1 atom stereocenters. The summed E-state index contributed by atoms with van der Waals surface area (Å²) in [7, 11) is 0. The lowest BCUT2D eigenvalue weighted by Gasteiger charge is -2.15. The van der Waals surface area contributed by atoms with Gasteiger partial charge in [0, 0.05) is 18.7 Å². The van der Waals surface area contributed by atoms with Crippen molar-refractivity contribution in [2.45, 2.75) is 39.7 Å². The van der Waals surface area contributed by atoms with Crippen molar-refractivity contribution < 1.29 is 8.78 Å². The lowest BCUT2D eigenvalue weighted by atomic mass is 10.2. The van der Waals surface area contributed by atoms with E-state index in [1.807, 2.05) is 13.8 Å². The van der Waals surface area contributed by atoms with Crippen molar-refractivity contribution in [2.75, 3.05) is 17.2 Å². The number of rotatable bonds is 6. The number of nitrogens with zero attached hydrogens (tertiary/aromatic N) is 1. The maximum absolute atomic E-state index is 13.5. The molecule has 0 fully saturated rings. The summed E-state index contributed by atoms with van der Waals surface area (Å²) in [5, 5.41) is 5.70. The van der Waals surface area contributed by atoms with Crippen LogP contribution in [-0.4, -0.2) is 17.6 Å². The zero-order chi connectivity index (χ0) is 12.8. The van der Waals surface area contributed by atoms with Gasteiger partial charge < -0.3 is 10.6 Å². The van der Waals surface area contributed by atoms with E-state index in [9.17, 15) is 8.78 Å². The standard InChI is InChI=1S/C12H19F2N3/c1-4-6-8(3)16-12-10(14)7-9(13)11(17-12)15-5-2/h7-8H,4-6H2,1-3H3,(H2,15,16,17). The molecule has 0 aliphatic heterocycles. The molecular formula is C12H19F2N3. The SMILES string of the molecule is CCCC(C)Nc1nc(NCC)c(F)cc1F.